The number of furan rings is 1. The lowest BCUT2D eigenvalue weighted by Crippen LogP contribution is -2.35. The Balaban J connectivity index is 2.06. The van der Waals surface area contributed by atoms with Crippen LogP contribution in [-0.2, 0) is 0 Å². The number of hydrogen-bond acceptors (Lipinski definition) is 2. The van der Waals surface area contributed by atoms with E-state index in [4.69, 9.17) is 4.42 Å². The van der Waals surface area contributed by atoms with Crippen LogP contribution in [0.2, 0.25) is 0 Å². The van der Waals surface area contributed by atoms with Gasteiger partial charge in [-0.05, 0) is 37.4 Å². The van der Waals surface area contributed by atoms with Crippen molar-refractivity contribution in [3.05, 3.63) is 24.2 Å². The van der Waals surface area contributed by atoms with Crippen molar-refractivity contribution in [2.24, 2.45) is 5.92 Å². The Kier molecular flexibility index (Phi) is 3.47. The second kappa shape index (κ2) is 4.84. The molecule has 0 radical (unpaired) electrons. The van der Waals surface area contributed by atoms with E-state index in [1.54, 1.807) is 6.26 Å². The molecule has 0 aromatic carbocycles. The predicted octanol–water partition coefficient (Wildman–Crippen LogP) is 3.46. The van der Waals surface area contributed by atoms with Gasteiger partial charge in [-0.3, -0.25) is 4.90 Å². The predicted molar refractivity (Wildman–Crippen MR) is 61.7 cm³/mol. The van der Waals surface area contributed by atoms with Crippen LogP contribution in [0.25, 0.3) is 0 Å². The van der Waals surface area contributed by atoms with E-state index >= 15 is 0 Å². The van der Waals surface area contributed by atoms with E-state index < -0.39 is 0 Å². The normalized spacial score (nSPS) is 23.5. The highest BCUT2D eigenvalue weighted by atomic mass is 16.3. The van der Waals surface area contributed by atoms with Crippen LogP contribution in [0.5, 0.6) is 0 Å². The number of rotatable bonds is 3. The summed E-state index contributed by atoms with van der Waals surface area (Å²) in [4.78, 5) is 2.58. The lowest BCUT2D eigenvalue weighted by molar-refractivity contribution is 0.115. The van der Waals surface area contributed by atoms with Gasteiger partial charge in [0.25, 0.3) is 0 Å². The minimum absolute atomic E-state index is 0.524. The molecule has 1 saturated heterocycles. The Morgan fingerprint density at radius 3 is 3.00 bits per heavy atom. The molecule has 15 heavy (non-hydrogen) atoms. The molecule has 1 atom stereocenters. The quantitative estimate of drug-likeness (QED) is 0.754. The Morgan fingerprint density at radius 1 is 1.47 bits per heavy atom. The van der Waals surface area contributed by atoms with Gasteiger partial charge in [-0.2, -0.15) is 0 Å². The fourth-order valence-electron chi connectivity index (χ4n) is 2.48. The van der Waals surface area contributed by atoms with Gasteiger partial charge in [0.2, 0.25) is 0 Å². The summed E-state index contributed by atoms with van der Waals surface area (Å²) in [5, 5.41) is 0. The first-order valence-electron chi connectivity index (χ1n) is 6.05. The Hall–Kier alpha value is -0.760. The van der Waals surface area contributed by atoms with Gasteiger partial charge >= 0.3 is 0 Å². The molecule has 0 spiro atoms. The van der Waals surface area contributed by atoms with Crippen molar-refractivity contribution in [1.29, 1.82) is 0 Å². The zero-order valence-corrected chi connectivity index (χ0v) is 9.78. The van der Waals surface area contributed by atoms with E-state index in [1.165, 1.54) is 32.4 Å². The van der Waals surface area contributed by atoms with Gasteiger partial charge in [0.15, 0.2) is 0 Å². The molecule has 2 heteroatoms. The Bertz CT molecular complexity index is 279. The smallest absolute Gasteiger partial charge is 0.120 e. The summed E-state index contributed by atoms with van der Waals surface area (Å²) in [7, 11) is 0. The van der Waals surface area contributed by atoms with Crippen LogP contribution >= 0.6 is 0 Å². The highest BCUT2D eigenvalue weighted by molar-refractivity contribution is 5.05. The summed E-state index contributed by atoms with van der Waals surface area (Å²) >= 11 is 0. The molecule has 2 nitrogen and oxygen atoms in total. The number of piperidine rings is 1. The molecule has 0 saturated carbocycles. The van der Waals surface area contributed by atoms with Crippen molar-refractivity contribution in [1.82, 2.24) is 4.90 Å². The highest BCUT2D eigenvalue weighted by Crippen LogP contribution is 2.31. The summed E-state index contributed by atoms with van der Waals surface area (Å²) < 4.78 is 5.54. The lowest BCUT2D eigenvalue weighted by Gasteiger charge is -2.35. The SMILES string of the molecule is CC(C)CN1CCCC[C@@H]1c1ccco1. The average molecular weight is 207 g/mol. The fourth-order valence-corrected chi connectivity index (χ4v) is 2.48. The van der Waals surface area contributed by atoms with Crippen LogP contribution in [-0.4, -0.2) is 18.0 Å². The molecule has 1 aromatic heterocycles. The summed E-state index contributed by atoms with van der Waals surface area (Å²) in [5.74, 6) is 1.89. The number of hydrogen-bond donors (Lipinski definition) is 0. The average Bonchev–Trinajstić information content (AvgIpc) is 2.70. The van der Waals surface area contributed by atoms with Gasteiger partial charge in [0, 0.05) is 6.54 Å². The van der Waals surface area contributed by atoms with Crippen LogP contribution in [0.15, 0.2) is 22.8 Å². The summed E-state index contributed by atoms with van der Waals surface area (Å²) in [6.07, 6.45) is 5.71. The Labute approximate surface area is 92.3 Å². The molecular formula is C13H21NO. The first kappa shape index (κ1) is 10.7. The van der Waals surface area contributed by atoms with Gasteiger partial charge in [-0.15, -0.1) is 0 Å². The maximum absolute atomic E-state index is 5.54. The van der Waals surface area contributed by atoms with Crippen molar-refractivity contribution < 1.29 is 4.42 Å². The first-order chi connectivity index (χ1) is 7.27. The topological polar surface area (TPSA) is 16.4 Å². The van der Waals surface area contributed by atoms with E-state index in [-0.39, 0.29) is 0 Å². The Morgan fingerprint density at radius 2 is 2.33 bits per heavy atom. The molecule has 1 aromatic rings. The summed E-state index contributed by atoms with van der Waals surface area (Å²) in [5.41, 5.74) is 0. The van der Waals surface area contributed by atoms with Crippen molar-refractivity contribution >= 4 is 0 Å². The number of likely N-dealkylation sites (tertiary alicyclic amines) is 1. The molecule has 0 aliphatic carbocycles. The third-order valence-corrected chi connectivity index (χ3v) is 3.08. The largest absolute Gasteiger partial charge is 0.468 e. The molecule has 1 aliphatic rings. The zero-order valence-electron chi connectivity index (χ0n) is 9.78. The van der Waals surface area contributed by atoms with Crippen molar-refractivity contribution in [2.75, 3.05) is 13.1 Å². The van der Waals surface area contributed by atoms with Crippen LogP contribution < -0.4 is 0 Å². The van der Waals surface area contributed by atoms with Gasteiger partial charge < -0.3 is 4.42 Å². The van der Waals surface area contributed by atoms with Crippen molar-refractivity contribution in [2.45, 2.75) is 39.2 Å². The summed E-state index contributed by atoms with van der Waals surface area (Å²) in [6.45, 7) is 6.98. The minimum atomic E-state index is 0.524. The molecule has 0 bridgehead atoms. The van der Waals surface area contributed by atoms with E-state index in [1.807, 2.05) is 6.07 Å². The van der Waals surface area contributed by atoms with Gasteiger partial charge in [0.05, 0.1) is 12.3 Å². The molecule has 84 valence electrons. The number of nitrogens with zero attached hydrogens (tertiary/aromatic N) is 1. The maximum atomic E-state index is 5.54. The van der Waals surface area contributed by atoms with Gasteiger partial charge in [-0.1, -0.05) is 20.3 Å². The van der Waals surface area contributed by atoms with Crippen LogP contribution in [0.1, 0.15) is 44.9 Å². The second-order valence-corrected chi connectivity index (χ2v) is 4.92. The first-order valence-corrected chi connectivity index (χ1v) is 6.05. The minimum Gasteiger partial charge on any atom is -0.468 e. The lowest BCUT2D eigenvalue weighted by atomic mass is 9.99. The van der Waals surface area contributed by atoms with Crippen molar-refractivity contribution in [3.8, 4) is 0 Å². The zero-order chi connectivity index (χ0) is 10.7. The van der Waals surface area contributed by atoms with Crippen molar-refractivity contribution in [3.63, 3.8) is 0 Å². The molecular weight excluding hydrogens is 186 g/mol. The van der Waals surface area contributed by atoms with E-state index in [2.05, 4.69) is 24.8 Å². The molecule has 2 rings (SSSR count). The van der Waals surface area contributed by atoms with Gasteiger partial charge in [-0.25, -0.2) is 0 Å². The third-order valence-electron chi connectivity index (χ3n) is 3.08. The highest BCUT2D eigenvalue weighted by Gasteiger charge is 2.25. The maximum Gasteiger partial charge on any atom is 0.120 e. The summed E-state index contributed by atoms with van der Waals surface area (Å²) in [6, 6.07) is 4.64. The van der Waals surface area contributed by atoms with Crippen LogP contribution in [0, 0.1) is 5.92 Å². The van der Waals surface area contributed by atoms with Crippen LogP contribution in [0.3, 0.4) is 0 Å². The molecule has 0 unspecified atom stereocenters. The van der Waals surface area contributed by atoms with E-state index in [9.17, 15) is 0 Å². The van der Waals surface area contributed by atoms with Gasteiger partial charge in [0.1, 0.15) is 5.76 Å². The third kappa shape index (κ3) is 2.63. The van der Waals surface area contributed by atoms with E-state index in [0.717, 1.165) is 11.7 Å². The fraction of sp³-hybridized carbons (Fsp3) is 0.692. The molecule has 1 aliphatic heterocycles. The monoisotopic (exact) mass is 207 g/mol. The van der Waals surface area contributed by atoms with Crippen LogP contribution in [0.4, 0.5) is 0 Å². The second-order valence-electron chi connectivity index (χ2n) is 4.92. The molecule has 2 heterocycles. The standard InChI is InChI=1S/C13H21NO/c1-11(2)10-14-8-4-3-6-12(14)13-7-5-9-15-13/h5,7,9,11-12H,3-4,6,8,10H2,1-2H3/t12-/m1/s1. The molecule has 1 fully saturated rings. The van der Waals surface area contributed by atoms with E-state index in [0.29, 0.717) is 6.04 Å². The molecule has 0 amide bonds. The molecule has 0 N–H and O–H groups in total.